The molecule has 0 N–H and O–H groups in total. The minimum Gasteiger partial charge on any atom is -0.369 e. The summed E-state index contributed by atoms with van der Waals surface area (Å²) in [5.41, 5.74) is 0.934. The van der Waals surface area contributed by atoms with Gasteiger partial charge in [-0.25, -0.2) is 8.42 Å². The summed E-state index contributed by atoms with van der Waals surface area (Å²) in [5.74, 6) is 0. The highest BCUT2D eigenvalue weighted by atomic mass is 35.5. The fourth-order valence-corrected chi connectivity index (χ4v) is 4.66. The molecule has 0 spiro atoms. The van der Waals surface area contributed by atoms with E-state index in [4.69, 9.17) is 34.8 Å². The Hall–Kier alpha value is -0.980. The molecule has 128 valence electrons. The predicted molar refractivity (Wildman–Crippen MR) is 98.9 cm³/mol. The van der Waals surface area contributed by atoms with Gasteiger partial charge in [0.15, 0.2) is 0 Å². The van der Waals surface area contributed by atoms with Crippen LogP contribution in [-0.2, 0) is 10.0 Å². The van der Waals surface area contributed by atoms with E-state index in [1.807, 2.05) is 6.07 Å². The molecule has 1 saturated heterocycles. The van der Waals surface area contributed by atoms with E-state index in [0.717, 1.165) is 5.69 Å². The molecule has 1 heterocycles. The van der Waals surface area contributed by atoms with Gasteiger partial charge < -0.3 is 4.90 Å². The molecule has 0 saturated carbocycles. The van der Waals surface area contributed by atoms with Gasteiger partial charge in [-0.1, -0.05) is 40.9 Å². The van der Waals surface area contributed by atoms with E-state index in [0.29, 0.717) is 41.2 Å². The predicted octanol–water partition coefficient (Wildman–Crippen LogP) is 4.16. The molecule has 2 aromatic carbocycles. The van der Waals surface area contributed by atoms with E-state index in [1.54, 1.807) is 30.3 Å². The second-order valence-electron chi connectivity index (χ2n) is 5.45. The smallest absolute Gasteiger partial charge is 0.243 e. The van der Waals surface area contributed by atoms with Crippen LogP contribution in [0.4, 0.5) is 5.69 Å². The highest BCUT2D eigenvalue weighted by Gasteiger charge is 2.28. The van der Waals surface area contributed by atoms with Crippen LogP contribution < -0.4 is 4.90 Å². The third-order valence-corrected chi connectivity index (χ3v) is 6.81. The lowest BCUT2D eigenvalue weighted by Gasteiger charge is -2.35. The van der Waals surface area contributed by atoms with Gasteiger partial charge in [-0.2, -0.15) is 4.31 Å². The lowest BCUT2D eigenvalue weighted by atomic mass is 10.2. The number of rotatable bonds is 3. The zero-order chi connectivity index (χ0) is 17.3. The van der Waals surface area contributed by atoms with Crippen LogP contribution in [0.3, 0.4) is 0 Å². The second-order valence-corrected chi connectivity index (χ2v) is 8.64. The van der Waals surface area contributed by atoms with Crippen molar-refractivity contribution in [3.05, 3.63) is 57.5 Å². The van der Waals surface area contributed by atoms with Crippen LogP contribution in [-0.4, -0.2) is 38.9 Å². The van der Waals surface area contributed by atoms with Crippen LogP contribution in [0.25, 0.3) is 0 Å². The van der Waals surface area contributed by atoms with Gasteiger partial charge in [0.2, 0.25) is 10.0 Å². The molecule has 4 nitrogen and oxygen atoms in total. The highest BCUT2D eigenvalue weighted by Crippen LogP contribution is 2.28. The maximum absolute atomic E-state index is 12.7. The van der Waals surface area contributed by atoms with Gasteiger partial charge in [-0.05, 0) is 36.4 Å². The molecule has 0 aliphatic carbocycles. The van der Waals surface area contributed by atoms with E-state index >= 15 is 0 Å². The normalized spacial score (nSPS) is 16.4. The Morgan fingerprint density at radius 2 is 1.54 bits per heavy atom. The molecule has 24 heavy (non-hydrogen) atoms. The third kappa shape index (κ3) is 3.65. The minimum atomic E-state index is -3.53. The molecule has 0 unspecified atom stereocenters. The monoisotopic (exact) mass is 404 g/mol. The van der Waals surface area contributed by atoms with E-state index in [2.05, 4.69) is 4.90 Å². The van der Waals surface area contributed by atoms with E-state index in [-0.39, 0.29) is 4.90 Å². The van der Waals surface area contributed by atoms with Crippen LogP contribution in [0.15, 0.2) is 47.4 Å². The number of anilines is 1. The summed E-state index contributed by atoms with van der Waals surface area (Å²) < 4.78 is 26.9. The molecule has 0 amide bonds. The minimum absolute atomic E-state index is 0.220. The Morgan fingerprint density at radius 1 is 0.833 bits per heavy atom. The van der Waals surface area contributed by atoms with Gasteiger partial charge in [-0.3, -0.25) is 0 Å². The number of sulfonamides is 1. The third-order valence-electron chi connectivity index (χ3n) is 3.94. The molecular weight excluding hydrogens is 391 g/mol. The van der Waals surface area contributed by atoms with Crippen molar-refractivity contribution >= 4 is 50.5 Å². The van der Waals surface area contributed by atoms with Gasteiger partial charge in [0.1, 0.15) is 0 Å². The van der Waals surface area contributed by atoms with Gasteiger partial charge in [-0.15, -0.1) is 0 Å². The molecule has 8 heteroatoms. The topological polar surface area (TPSA) is 40.6 Å². The maximum Gasteiger partial charge on any atom is 0.243 e. The maximum atomic E-state index is 12.7. The largest absolute Gasteiger partial charge is 0.369 e. The lowest BCUT2D eigenvalue weighted by Crippen LogP contribution is -2.48. The van der Waals surface area contributed by atoms with Crippen molar-refractivity contribution in [2.24, 2.45) is 0 Å². The summed E-state index contributed by atoms with van der Waals surface area (Å²) in [6, 6.07) is 11.8. The summed E-state index contributed by atoms with van der Waals surface area (Å²) in [6.07, 6.45) is 0. The summed E-state index contributed by atoms with van der Waals surface area (Å²) in [7, 11) is -3.53. The zero-order valence-corrected chi connectivity index (χ0v) is 15.7. The Bertz CT molecular complexity index is 850. The fourth-order valence-electron chi connectivity index (χ4n) is 2.64. The quantitative estimate of drug-likeness (QED) is 0.770. The molecule has 0 atom stereocenters. The van der Waals surface area contributed by atoms with Crippen molar-refractivity contribution in [2.45, 2.75) is 4.90 Å². The number of benzene rings is 2. The molecular formula is C16H15Cl3N2O2S. The first-order valence-corrected chi connectivity index (χ1v) is 9.91. The lowest BCUT2D eigenvalue weighted by molar-refractivity contribution is 0.385. The number of nitrogens with zero attached hydrogens (tertiary/aromatic N) is 2. The van der Waals surface area contributed by atoms with Gasteiger partial charge >= 0.3 is 0 Å². The zero-order valence-electron chi connectivity index (χ0n) is 12.6. The van der Waals surface area contributed by atoms with Crippen molar-refractivity contribution in [3.63, 3.8) is 0 Å². The highest BCUT2D eigenvalue weighted by molar-refractivity contribution is 7.89. The fraction of sp³-hybridized carbons (Fsp3) is 0.250. The number of piperazine rings is 1. The molecule has 1 aliphatic rings. The molecule has 0 radical (unpaired) electrons. The first-order chi connectivity index (χ1) is 11.4. The average molecular weight is 406 g/mol. The van der Waals surface area contributed by atoms with Crippen LogP contribution in [0, 0.1) is 0 Å². The van der Waals surface area contributed by atoms with Crippen molar-refractivity contribution in [1.82, 2.24) is 4.31 Å². The first kappa shape index (κ1) is 17.8. The second kappa shape index (κ2) is 7.10. The first-order valence-electron chi connectivity index (χ1n) is 7.33. The van der Waals surface area contributed by atoms with Crippen molar-refractivity contribution < 1.29 is 8.42 Å². The molecule has 2 aromatic rings. The Balaban J connectivity index is 1.73. The van der Waals surface area contributed by atoms with Gasteiger partial charge in [0.25, 0.3) is 0 Å². The summed E-state index contributed by atoms with van der Waals surface area (Å²) in [5, 5.41) is 1.40. The Morgan fingerprint density at radius 3 is 2.17 bits per heavy atom. The van der Waals surface area contributed by atoms with Gasteiger partial charge in [0, 0.05) is 36.9 Å². The van der Waals surface area contributed by atoms with Crippen molar-refractivity contribution in [3.8, 4) is 0 Å². The van der Waals surface area contributed by atoms with E-state index < -0.39 is 10.0 Å². The molecule has 1 fully saturated rings. The van der Waals surface area contributed by atoms with E-state index in [1.165, 1.54) is 10.4 Å². The van der Waals surface area contributed by atoms with Crippen LogP contribution in [0.2, 0.25) is 15.1 Å². The standard InChI is InChI=1S/C16H15Cl3N2O2S/c17-12-2-1-3-14(10-12)24(22,23)21-8-6-20(7-9-21)13-4-5-15(18)16(19)11-13/h1-5,10-11H,6-9H2. The van der Waals surface area contributed by atoms with Crippen LogP contribution in [0.5, 0.6) is 0 Å². The summed E-state index contributed by atoms with van der Waals surface area (Å²) in [4.78, 5) is 2.31. The average Bonchev–Trinajstić information content (AvgIpc) is 2.57. The van der Waals surface area contributed by atoms with Crippen LogP contribution >= 0.6 is 34.8 Å². The van der Waals surface area contributed by atoms with Gasteiger partial charge in [0.05, 0.1) is 14.9 Å². The SMILES string of the molecule is O=S(=O)(c1cccc(Cl)c1)N1CCN(c2ccc(Cl)c(Cl)c2)CC1. The van der Waals surface area contributed by atoms with E-state index in [9.17, 15) is 8.42 Å². The number of halogens is 3. The van der Waals surface area contributed by atoms with Crippen LogP contribution in [0.1, 0.15) is 0 Å². The molecule has 1 aliphatic heterocycles. The molecule has 3 rings (SSSR count). The van der Waals surface area contributed by atoms with Crippen molar-refractivity contribution in [2.75, 3.05) is 31.1 Å². The summed E-state index contributed by atoms with van der Waals surface area (Å²) in [6.45, 7) is 1.96. The Labute approximate surface area is 156 Å². The summed E-state index contributed by atoms with van der Waals surface area (Å²) >= 11 is 17.9. The van der Waals surface area contributed by atoms with Crippen molar-refractivity contribution in [1.29, 1.82) is 0 Å². The molecule has 0 aromatic heterocycles. The Kier molecular flexibility index (Phi) is 5.27. The molecule has 0 bridgehead atoms. The number of hydrogen-bond acceptors (Lipinski definition) is 3. The number of hydrogen-bond donors (Lipinski definition) is 0.